The average molecular weight is 460 g/mol. The van der Waals surface area contributed by atoms with Crippen molar-refractivity contribution in [1.29, 1.82) is 0 Å². The lowest BCUT2D eigenvalue weighted by molar-refractivity contribution is 0.306. The second-order valence-electron chi connectivity index (χ2n) is 7.70. The van der Waals surface area contributed by atoms with Gasteiger partial charge >= 0.3 is 0 Å². The number of hydrogen-bond acceptors (Lipinski definition) is 3. The van der Waals surface area contributed by atoms with Crippen molar-refractivity contribution in [2.24, 2.45) is 0 Å². The average Bonchev–Trinajstić information content (AvgIpc) is 3.14. The fourth-order valence-corrected chi connectivity index (χ4v) is 4.33. The molecular weight excluding hydrogens is 438 g/mol. The van der Waals surface area contributed by atoms with Gasteiger partial charge in [-0.2, -0.15) is 5.10 Å². The largest absolute Gasteiger partial charge is 0.489 e. The molecule has 5 rings (SSSR count). The predicted octanol–water partition coefficient (Wildman–Crippen LogP) is 6.48. The Bertz CT molecular complexity index is 1210. The molecule has 0 spiro atoms. The lowest BCUT2D eigenvalue weighted by Crippen LogP contribution is -2.25. The molecular formula is C25H22BrN3O. The summed E-state index contributed by atoms with van der Waals surface area (Å²) < 4.78 is 9.11. The summed E-state index contributed by atoms with van der Waals surface area (Å²) in [5.41, 5.74) is 8.00. The van der Waals surface area contributed by atoms with Crippen LogP contribution in [0.4, 0.5) is 5.69 Å². The second-order valence-corrected chi connectivity index (χ2v) is 8.61. The Morgan fingerprint density at radius 2 is 1.83 bits per heavy atom. The first-order valence-corrected chi connectivity index (χ1v) is 10.8. The number of aromatic nitrogens is 2. The molecule has 1 aromatic heterocycles. The van der Waals surface area contributed by atoms with Gasteiger partial charge in [-0.25, -0.2) is 4.68 Å². The van der Waals surface area contributed by atoms with Crippen LogP contribution in [0.25, 0.3) is 11.3 Å². The monoisotopic (exact) mass is 459 g/mol. The summed E-state index contributed by atoms with van der Waals surface area (Å²) in [5.74, 6) is 0.849. The highest BCUT2D eigenvalue weighted by atomic mass is 79.9. The first-order valence-electron chi connectivity index (χ1n) is 9.98. The maximum atomic E-state index is 5.97. The lowest BCUT2D eigenvalue weighted by atomic mass is 10.0. The topological polar surface area (TPSA) is 39.1 Å². The van der Waals surface area contributed by atoms with Gasteiger partial charge in [-0.3, -0.25) is 0 Å². The molecule has 150 valence electrons. The Morgan fingerprint density at radius 3 is 2.63 bits per heavy atom. The molecule has 1 unspecified atom stereocenters. The van der Waals surface area contributed by atoms with E-state index in [9.17, 15) is 0 Å². The van der Waals surface area contributed by atoms with Crippen LogP contribution in [-0.2, 0) is 6.61 Å². The van der Waals surface area contributed by atoms with E-state index >= 15 is 0 Å². The minimum Gasteiger partial charge on any atom is -0.489 e. The minimum absolute atomic E-state index is 0.0527. The predicted molar refractivity (Wildman–Crippen MR) is 124 cm³/mol. The van der Waals surface area contributed by atoms with Gasteiger partial charge in [0.25, 0.3) is 0 Å². The fourth-order valence-electron chi connectivity index (χ4n) is 3.88. The van der Waals surface area contributed by atoms with Crippen LogP contribution >= 0.6 is 15.9 Å². The van der Waals surface area contributed by atoms with Gasteiger partial charge in [-0.05, 0) is 67.4 Å². The zero-order valence-corrected chi connectivity index (χ0v) is 18.5. The molecule has 1 aliphatic heterocycles. The molecule has 0 bridgehead atoms. The molecule has 1 aliphatic rings. The zero-order chi connectivity index (χ0) is 20.7. The van der Waals surface area contributed by atoms with Gasteiger partial charge in [0, 0.05) is 15.7 Å². The van der Waals surface area contributed by atoms with Crippen molar-refractivity contribution in [3.8, 4) is 17.0 Å². The van der Waals surface area contributed by atoms with Crippen molar-refractivity contribution in [1.82, 2.24) is 9.78 Å². The van der Waals surface area contributed by atoms with Crippen LogP contribution in [0.3, 0.4) is 0 Å². The molecule has 0 radical (unpaired) electrons. The van der Waals surface area contributed by atoms with E-state index in [1.807, 2.05) is 31.2 Å². The van der Waals surface area contributed by atoms with E-state index in [-0.39, 0.29) is 6.17 Å². The number of rotatable bonds is 4. The van der Waals surface area contributed by atoms with Gasteiger partial charge in [-0.15, -0.1) is 0 Å². The van der Waals surface area contributed by atoms with E-state index in [0.29, 0.717) is 6.61 Å². The van der Waals surface area contributed by atoms with Crippen LogP contribution in [0.1, 0.15) is 28.6 Å². The fraction of sp³-hybridized carbons (Fsp3) is 0.160. The minimum atomic E-state index is -0.0527. The Labute approximate surface area is 184 Å². The first-order chi connectivity index (χ1) is 14.6. The second kappa shape index (κ2) is 7.65. The number of aryl methyl sites for hydroxylation is 2. The Balaban J connectivity index is 1.40. The summed E-state index contributed by atoms with van der Waals surface area (Å²) in [4.78, 5) is 0. The van der Waals surface area contributed by atoms with Gasteiger partial charge < -0.3 is 10.1 Å². The lowest BCUT2D eigenvalue weighted by Gasteiger charge is -2.29. The van der Waals surface area contributed by atoms with Gasteiger partial charge in [0.05, 0.1) is 11.4 Å². The number of nitrogens with one attached hydrogen (secondary N) is 1. The first kappa shape index (κ1) is 18.9. The van der Waals surface area contributed by atoms with E-state index in [1.54, 1.807) is 0 Å². The summed E-state index contributed by atoms with van der Waals surface area (Å²) in [7, 11) is 0. The normalized spacial score (nSPS) is 14.6. The molecule has 0 saturated heterocycles. The summed E-state index contributed by atoms with van der Waals surface area (Å²) >= 11 is 3.50. The summed E-state index contributed by atoms with van der Waals surface area (Å²) in [6, 6.07) is 25.1. The van der Waals surface area contributed by atoms with Gasteiger partial charge in [0.1, 0.15) is 18.5 Å². The zero-order valence-electron chi connectivity index (χ0n) is 16.9. The molecule has 0 amide bonds. The van der Waals surface area contributed by atoms with Gasteiger partial charge in [0.2, 0.25) is 0 Å². The molecule has 0 aliphatic carbocycles. The van der Waals surface area contributed by atoms with Gasteiger partial charge in [-0.1, -0.05) is 51.8 Å². The van der Waals surface area contributed by atoms with Crippen LogP contribution in [-0.4, -0.2) is 9.78 Å². The van der Waals surface area contributed by atoms with E-state index in [1.165, 1.54) is 11.1 Å². The number of fused-ring (bicyclic) bond motifs is 3. The number of halogens is 1. The van der Waals surface area contributed by atoms with Crippen LogP contribution < -0.4 is 10.1 Å². The number of benzene rings is 3. The molecule has 0 fully saturated rings. The highest BCUT2D eigenvalue weighted by molar-refractivity contribution is 9.10. The molecule has 4 nitrogen and oxygen atoms in total. The molecule has 0 saturated carbocycles. The van der Waals surface area contributed by atoms with Gasteiger partial charge in [0.15, 0.2) is 0 Å². The number of anilines is 1. The van der Waals surface area contributed by atoms with Crippen LogP contribution in [0.2, 0.25) is 0 Å². The van der Waals surface area contributed by atoms with E-state index in [4.69, 9.17) is 9.84 Å². The maximum Gasteiger partial charge on any atom is 0.147 e. The summed E-state index contributed by atoms with van der Waals surface area (Å²) in [6.45, 7) is 4.69. The van der Waals surface area contributed by atoms with Crippen molar-refractivity contribution >= 4 is 21.6 Å². The standard InChI is InChI=1S/C25H22BrN3O/c1-16-6-11-23-22(12-16)24-13-17(2)28-29(24)25(27-23)19-7-9-21(10-8-19)30-15-18-4-3-5-20(26)14-18/h3-14,25,27H,15H2,1-2H3. The highest BCUT2D eigenvalue weighted by Crippen LogP contribution is 2.39. The number of ether oxygens (including phenoxy) is 1. The van der Waals surface area contributed by atoms with Crippen molar-refractivity contribution < 1.29 is 4.74 Å². The van der Waals surface area contributed by atoms with Crippen LogP contribution in [0.15, 0.2) is 77.3 Å². The molecule has 3 aromatic carbocycles. The number of hydrogen-bond donors (Lipinski definition) is 1. The third kappa shape index (κ3) is 3.61. The Kier molecular flexibility index (Phi) is 4.83. The third-order valence-electron chi connectivity index (χ3n) is 5.34. The number of nitrogens with zero attached hydrogens (tertiary/aromatic N) is 2. The van der Waals surface area contributed by atoms with Crippen LogP contribution in [0.5, 0.6) is 5.75 Å². The Hall–Kier alpha value is -3.05. The van der Waals surface area contributed by atoms with E-state index in [2.05, 4.69) is 81.4 Å². The van der Waals surface area contributed by atoms with Crippen molar-refractivity contribution in [2.45, 2.75) is 26.6 Å². The molecule has 30 heavy (non-hydrogen) atoms. The molecule has 4 aromatic rings. The maximum absolute atomic E-state index is 5.97. The summed E-state index contributed by atoms with van der Waals surface area (Å²) in [5, 5.41) is 8.41. The SMILES string of the molecule is Cc1ccc2c(c1)-c1cc(C)nn1C(c1ccc(OCc3cccc(Br)c3)cc1)N2. The summed E-state index contributed by atoms with van der Waals surface area (Å²) in [6.07, 6.45) is -0.0527. The Morgan fingerprint density at radius 1 is 1.00 bits per heavy atom. The van der Waals surface area contributed by atoms with Crippen LogP contribution in [0, 0.1) is 13.8 Å². The highest BCUT2D eigenvalue weighted by Gasteiger charge is 2.26. The molecule has 2 heterocycles. The molecule has 5 heteroatoms. The third-order valence-corrected chi connectivity index (χ3v) is 5.83. The smallest absolute Gasteiger partial charge is 0.147 e. The van der Waals surface area contributed by atoms with E-state index in [0.717, 1.165) is 38.4 Å². The quantitative estimate of drug-likeness (QED) is 0.379. The van der Waals surface area contributed by atoms with Crippen molar-refractivity contribution in [3.05, 3.63) is 99.7 Å². The molecule has 1 atom stereocenters. The van der Waals surface area contributed by atoms with Crippen molar-refractivity contribution in [2.75, 3.05) is 5.32 Å². The van der Waals surface area contributed by atoms with Crippen molar-refractivity contribution in [3.63, 3.8) is 0 Å². The molecule has 1 N–H and O–H groups in total. The van der Waals surface area contributed by atoms with E-state index < -0.39 is 0 Å².